The Labute approximate surface area is 124 Å². The van der Waals surface area contributed by atoms with E-state index in [0.717, 1.165) is 49.8 Å². The smallest absolute Gasteiger partial charge is 0.316 e. The summed E-state index contributed by atoms with van der Waals surface area (Å²) < 4.78 is 11.4. The van der Waals surface area contributed by atoms with E-state index in [9.17, 15) is 0 Å². The maximum absolute atomic E-state index is 5.85. The van der Waals surface area contributed by atoms with Crippen LogP contribution in [0.1, 0.15) is 31.2 Å². The SMILES string of the molecule is CCc1coc(N2CCC(Oc3nccc(C)n3)CC2)n1. The lowest BCUT2D eigenvalue weighted by molar-refractivity contribution is 0.154. The molecule has 0 N–H and O–H groups in total. The molecular weight excluding hydrogens is 268 g/mol. The first-order valence-electron chi connectivity index (χ1n) is 7.40. The van der Waals surface area contributed by atoms with Gasteiger partial charge in [0.2, 0.25) is 0 Å². The van der Waals surface area contributed by atoms with Gasteiger partial charge < -0.3 is 14.1 Å². The van der Waals surface area contributed by atoms with Gasteiger partial charge in [0, 0.05) is 37.8 Å². The van der Waals surface area contributed by atoms with Crippen LogP contribution in [0.4, 0.5) is 6.01 Å². The van der Waals surface area contributed by atoms with Crippen LogP contribution >= 0.6 is 0 Å². The van der Waals surface area contributed by atoms with Crippen molar-refractivity contribution in [1.82, 2.24) is 15.0 Å². The van der Waals surface area contributed by atoms with Crippen LogP contribution < -0.4 is 9.64 Å². The summed E-state index contributed by atoms with van der Waals surface area (Å²) in [5.74, 6) is 0. The third kappa shape index (κ3) is 3.32. The van der Waals surface area contributed by atoms with Crippen LogP contribution in [0.2, 0.25) is 0 Å². The molecule has 0 bridgehead atoms. The highest BCUT2D eigenvalue weighted by Crippen LogP contribution is 2.21. The van der Waals surface area contributed by atoms with Crippen molar-refractivity contribution in [3.63, 3.8) is 0 Å². The summed E-state index contributed by atoms with van der Waals surface area (Å²) >= 11 is 0. The van der Waals surface area contributed by atoms with Crippen LogP contribution in [0.3, 0.4) is 0 Å². The number of nitrogens with zero attached hydrogens (tertiary/aromatic N) is 4. The van der Waals surface area contributed by atoms with Gasteiger partial charge in [0.15, 0.2) is 0 Å². The fourth-order valence-corrected chi connectivity index (χ4v) is 2.40. The van der Waals surface area contributed by atoms with Gasteiger partial charge in [0.1, 0.15) is 12.4 Å². The van der Waals surface area contributed by atoms with E-state index >= 15 is 0 Å². The first-order chi connectivity index (χ1) is 10.2. The first-order valence-corrected chi connectivity index (χ1v) is 7.40. The second-order valence-corrected chi connectivity index (χ2v) is 5.26. The minimum atomic E-state index is 0.156. The molecule has 1 aliphatic rings. The molecule has 112 valence electrons. The van der Waals surface area contributed by atoms with E-state index < -0.39 is 0 Å². The second-order valence-electron chi connectivity index (χ2n) is 5.26. The molecule has 6 heteroatoms. The molecule has 3 heterocycles. The van der Waals surface area contributed by atoms with Crippen LogP contribution in [0.15, 0.2) is 22.9 Å². The molecule has 3 rings (SSSR count). The predicted molar refractivity (Wildman–Crippen MR) is 78.5 cm³/mol. The van der Waals surface area contributed by atoms with Crippen molar-refractivity contribution in [2.24, 2.45) is 0 Å². The van der Waals surface area contributed by atoms with Gasteiger partial charge in [0.25, 0.3) is 6.01 Å². The summed E-state index contributed by atoms with van der Waals surface area (Å²) in [6, 6.07) is 3.05. The Morgan fingerprint density at radius 2 is 2.14 bits per heavy atom. The average molecular weight is 288 g/mol. The van der Waals surface area contributed by atoms with E-state index in [1.807, 2.05) is 13.0 Å². The topological polar surface area (TPSA) is 64.3 Å². The lowest BCUT2D eigenvalue weighted by Crippen LogP contribution is -2.38. The number of hydrogen-bond donors (Lipinski definition) is 0. The van der Waals surface area contributed by atoms with E-state index in [1.165, 1.54) is 0 Å². The van der Waals surface area contributed by atoms with E-state index in [4.69, 9.17) is 9.15 Å². The van der Waals surface area contributed by atoms with Gasteiger partial charge in [0.05, 0.1) is 5.69 Å². The highest BCUT2D eigenvalue weighted by atomic mass is 16.5. The largest absolute Gasteiger partial charge is 0.460 e. The lowest BCUT2D eigenvalue weighted by Gasteiger charge is -2.30. The molecule has 1 saturated heterocycles. The highest BCUT2D eigenvalue weighted by molar-refractivity contribution is 5.27. The number of ether oxygens (including phenoxy) is 1. The van der Waals surface area contributed by atoms with Crippen molar-refractivity contribution in [3.05, 3.63) is 29.9 Å². The van der Waals surface area contributed by atoms with Crippen LogP contribution in [-0.4, -0.2) is 34.1 Å². The zero-order chi connectivity index (χ0) is 14.7. The number of oxazole rings is 1. The Bertz CT molecular complexity index is 591. The molecule has 0 aromatic carbocycles. The third-order valence-corrected chi connectivity index (χ3v) is 3.66. The predicted octanol–water partition coefficient (Wildman–Crippen LogP) is 2.38. The quantitative estimate of drug-likeness (QED) is 0.860. The summed E-state index contributed by atoms with van der Waals surface area (Å²) in [5.41, 5.74) is 1.92. The maximum atomic E-state index is 5.85. The molecule has 0 spiro atoms. The fraction of sp³-hybridized carbons (Fsp3) is 0.533. The summed E-state index contributed by atoms with van der Waals surface area (Å²) in [4.78, 5) is 15.1. The molecule has 1 fully saturated rings. The molecular formula is C15H20N4O2. The standard InChI is InChI=1S/C15H20N4O2/c1-3-12-10-20-15(18-12)19-8-5-13(6-9-19)21-14-16-7-4-11(2)17-14/h4,7,10,13H,3,5-6,8-9H2,1-2H3. The van der Waals surface area contributed by atoms with Crippen LogP contribution in [-0.2, 0) is 6.42 Å². The normalized spacial score (nSPS) is 16.2. The van der Waals surface area contributed by atoms with Crippen molar-refractivity contribution in [2.75, 3.05) is 18.0 Å². The number of rotatable bonds is 4. The monoisotopic (exact) mass is 288 g/mol. The van der Waals surface area contributed by atoms with E-state index in [0.29, 0.717) is 6.01 Å². The molecule has 0 saturated carbocycles. The molecule has 0 unspecified atom stereocenters. The zero-order valence-electron chi connectivity index (χ0n) is 12.5. The second kappa shape index (κ2) is 6.11. The van der Waals surface area contributed by atoms with Crippen LogP contribution in [0, 0.1) is 6.92 Å². The molecule has 2 aromatic heterocycles. The number of anilines is 1. The number of aryl methyl sites for hydroxylation is 2. The number of aromatic nitrogens is 3. The average Bonchev–Trinajstić information content (AvgIpc) is 2.97. The van der Waals surface area contributed by atoms with Gasteiger partial charge in [-0.05, 0) is 19.4 Å². The third-order valence-electron chi connectivity index (χ3n) is 3.66. The van der Waals surface area contributed by atoms with Crippen molar-refractivity contribution in [1.29, 1.82) is 0 Å². The van der Waals surface area contributed by atoms with E-state index in [2.05, 4.69) is 26.8 Å². The molecule has 0 aliphatic carbocycles. The summed E-state index contributed by atoms with van der Waals surface area (Å²) in [6.45, 7) is 5.76. The lowest BCUT2D eigenvalue weighted by atomic mass is 10.1. The van der Waals surface area contributed by atoms with Gasteiger partial charge in [-0.3, -0.25) is 0 Å². The van der Waals surface area contributed by atoms with Crippen LogP contribution in [0.5, 0.6) is 6.01 Å². The van der Waals surface area contributed by atoms with E-state index in [1.54, 1.807) is 12.5 Å². The summed E-state index contributed by atoms with van der Waals surface area (Å²) in [5, 5.41) is 0. The Morgan fingerprint density at radius 3 is 2.81 bits per heavy atom. The van der Waals surface area contributed by atoms with Gasteiger partial charge in [-0.2, -0.15) is 4.98 Å². The van der Waals surface area contributed by atoms with Crippen molar-refractivity contribution < 1.29 is 9.15 Å². The van der Waals surface area contributed by atoms with Crippen molar-refractivity contribution in [3.8, 4) is 6.01 Å². The molecule has 6 nitrogen and oxygen atoms in total. The fourth-order valence-electron chi connectivity index (χ4n) is 2.40. The summed E-state index contributed by atoms with van der Waals surface area (Å²) in [6.07, 6.45) is 6.35. The highest BCUT2D eigenvalue weighted by Gasteiger charge is 2.24. The van der Waals surface area contributed by atoms with Gasteiger partial charge in [-0.25, -0.2) is 9.97 Å². The Morgan fingerprint density at radius 1 is 1.33 bits per heavy atom. The molecule has 0 atom stereocenters. The minimum Gasteiger partial charge on any atom is -0.460 e. The molecule has 1 aliphatic heterocycles. The Hall–Kier alpha value is -2.11. The van der Waals surface area contributed by atoms with Gasteiger partial charge in [-0.15, -0.1) is 0 Å². The Balaban J connectivity index is 1.55. The molecule has 2 aromatic rings. The van der Waals surface area contributed by atoms with Crippen molar-refractivity contribution in [2.45, 2.75) is 39.2 Å². The Kier molecular flexibility index (Phi) is 4.03. The maximum Gasteiger partial charge on any atom is 0.316 e. The number of hydrogen-bond acceptors (Lipinski definition) is 6. The minimum absolute atomic E-state index is 0.156. The molecule has 0 radical (unpaired) electrons. The molecule has 0 amide bonds. The zero-order valence-corrected chi connectivity index (χ0v) is 12.5. The first kappa shape index (κ1) is 13.9. The number of piperidine rings is 1. The van der Waals surface area contributed by atoms with Crippen LogP contribution in [0.25, 0.3) is 0 Å². The van der Waals surface area contributed by atoms with Crippen molar-refractivity contribution >= 4 is 6.01 Å². The van der Waals surface area contributed by atoms with Gasteiger partial charge in [-0.1, -0.05) is 6.92 Å². The van der Waals surface area contributed by atoms with E-state index in [-0.39, 0.29) is 6.10 Å². The van der Waals surface area contributed by atoms with Gasteiger partial charge >= 0.3 is 6.01 Å². The summed E-state index contributed by atoms with van der Waals surface area (Å²) in [7, 11) is 0. The molecule has 21 heavy (non-hydrogen) atoms.